The fraction of sp³-hybridized carbons (Fsp3) is 0.211. The van der Waals surface area contributed by atoms with Crippen molar-refractivity contribution in [3.63, 3.8) is 0 Å². The van der Waals surface area contributed by atoms with Crippen LogP contribution in [0.3, 0.4) is 0 Å². The van der Waals surface area contributed by atoms with Crippen LogP contribution in [-0.4, -0.2) is 17.5 Å². The molecule has 0 aliphatic rings. The van der Waals surface area contributed by atoms with E-state index >= 15 is 0 Å². The fourth-order valence-corrected chi connectivity index (χ4v) is 2.67. The Balaban J connectivity index is 0.00000225. The number of hydrogen-bond donors (Lipinski definition) is 3. The molecule has 0 aliphatic heterocycles. The molecule has 0 atom stereocenters. The van der Waals surface area contributed by atoms with Crippen molar-refractivity contribution in [3.8, 4) is 0 Å². The Bertz CT molecular complexity index is 902. The van der Waals surface area contributed by atoms with Gasteiger partial charge in [0, 0.05) is 29.3 Å². The third-order valence-electron chi connectivity index (χ3n) is 4.17. The Kier molecular flexibility index (Phi) is 6.41. The number of rotatable bonds is 4. The maximum Gasteiger partial charge on any atom is 0.193 e. The van der Waals surface area contributed by atoms with Crippen molar-refractivity contribution in [1.29, 1.82) is 0 Å². The molecule has 1 aromatic heterocycles. The minimum Gasteiger partial charge on any atom is -0.370 e. The quantitative estimate of drug-likeness (QED) is 0.310. The van der Waals surface area contributed by atoms with Gasteiger partial charge < -0.3 is 16.0 Å². The number of aromatic nitrogens is 1. The highest BCUT2D eigenvalue weighted by Crippen LogP contribution is 2.19. The number of halogens is 2. The predicted octanol–water partition coefficient (Wildman–Crippen LogP) is 4.51. The van der Waals surface area contributed by atoms with E-state index in [9.17, 15) is 4.39 Å². The third-order valence-corrected chi connectivity index (χ3v) is 4.17. The van der Waals surface area contributed by atoms with Crippen molar-refractivity contribution < 1.29 is 4.39 Å². The molecule has 4 N–H and O–H groups in total. The van der Waals surface area contributed by atoms with E-state index in [-0.39, 0.29) is 29.8 Å². The molecular weight excluding hydrogens is 430 g/mol. The van der Waals surface area contributed by atoms with E-state index in [2.05, 4.69) is 35.2 Å². The summed E-state index contributed by atoms with van der Waals surface area (Å²) in [5.41, 5.74) is 11.2. The van der Waals surface area contributed by atoms with Crippen LogP contribution in [0.15, 0.2) is 47.6 Å². The summed E-state index contributed by atoms with van der Waals surface area (Å²) in [5.74, 6) is 0.153. The molecule has 6 heteroatoms. The van der Waals surface area contributed by atoms with Gasteiger partial charge in [0.05, 0.1) is 0 Å². The second-order valence-electron chi connectivity index (χ2n) is 5.94. The Morgan fingerprint density at radius 3 is 2.72 bits per heavy atom. The Morgan fingerprint density at radius 1 is 1.16 bits per heavy atom. The smallest absolute Gasteiger partial charge is 0.193 e. The fourth-order valence-electron chi connectivity index (χ4n) is 2.67. The zero-order valence-electron chi connectivity index (χ0n) is 14.3. The summed E-state index contributed by atoms with van der Waals surface area (Å²) in [7, 11) is 0. The van der Waals surface area contributed by atoms with Gasteiger partial charge in [-0.25, -0.2) is 4.39 Å². The molecule has 0 fully saturated rings. The summed E-state index contributed by atoms with van der Waals surface area (Å²) >= 11 is 0. The standard InChI is InChI=1S/C19H21FN4.HI/c1-12-3-5-16(9-13(12)2)24-19(21)22-8-7-14-11-23-18-10-15(20)4-6-17(14)18;/h3-6,9-11,23H,7-8H2,1-2H3,(H3,21,22,24);1H. The van der Waals surface area contributed by atoms with Crippen molar-refractivity contribution >= 4 is 46.5 Å². The van der Waals surface area contributed by atoms with Crippen LogP contribution in [0.25, 0.3) is 10.9 Å². The molecule has 0 amide bonds. The van der Waals surface area contributed by atoms with Crippen LogP contribution in [0.2, 0.25) is 0 Å². The first kappa shape index (κ1) is 19.2. The molecule has 132 valence electrons. The first-order chi connectivity index (χ1) is 11.5. The Labute approximate surface area is 163 Å². The number of nitrogens with zero attached hydrogens (tertiary/aromatic N) is 1. The number of aromatic amines is 1. The average Bonchev–Trinajstić information content (AvgIpc) is 2.93. The van der Waals surface area contributed by atoms with Gasteiger partial charge in [-0.1, -0.05) is 6.07 Å². The normalized spacial score (nSPS) is 11.4. The molecule has 0 saturated carbocycles. The number of guanidine groups is 1. The molecule has 3 rings (SSSR count). The topological polar surface area (TPSA) is 66.2 Å². The first-order valence-corrected chi connectivity index (χ1v) is 7.92. The van der Waals surface area contributed by atoms with Gasteiger partial charge in [0.25, 0.3) is 0 Å². The first-order valence-electron chi connectivity index (χ1n) is 7.92. The maximum atomic E-state index is 13.2. The van der Waals surface area contributed by atoms with Gasteiger partial charge in [-0.2, -0.15) is 0 Å². The van der Waals surface area contributed by atoms with E-state index in [0.717, 1.165) is 28.6 Å². The van der Waals surface area contributed by atoms with Crippen LogP contribution < -0.4 is 11.1 Å². The van der Waals surface area contributed by atoms with Crippen molar-refractivity contribution in [1.82, 2.24) is 4.98 Å². The van der Waals surface area contributed by atoms with Gasteiger partial charge in [0.1, 0.15) is 5.82 Å². The van der Waals surface area contributed by atoms with Gasteiger partial charge >= 0.3 is 0 Å². The summed E-state index contributed by atoms with van der Waals surface area (Å²) in [6.07, 6.45) is 2.63. The molecule has 0 bridgehead atoms. The lowest BCUT2D eigenvalue weighted by Gasteiger charge is -2.08. The number of anilines is 1. The summed E-state index contributed by atoms with van der Waals surface area (Å²) in [4.78, 5) is 7.45. The van der Waals surface area contributed by atoms with E-state index in [1.807, 2.05) is 18.3 Å². The second kappa shape index (κ2) is 8.33. The minimum absolute atomic E-state index is 0. The molecule has 0 radical (unpaired) electrons. The minimum atomic E-state index is -0.240. The van der Waals surface area contributed by atoms with Crippen LogP contribution in [0.4, 0.5) is 10.1 Å². The molecule has 0 unspecified atom stereocenters. The lowest BCUT2D eigenvalue weighted by atomic mass is 10.1. The third kappa shape index (κ3) is 4.72. The molecule has 0 saturated heterocycles. The number of aliphatic imine (C=N–C) groups is 1. The second-order valence-corrected chi connectivity index (χ2v) is 5.94. The van der Waals surface area contributed by atoms with E-state index in [1.165, 1.54) is 23.3 Å². The number of fused-ring (bicyclic) bond motifs is 1. The molecule has 25 heavy (non-hydrogen) atoms. The molecule has 3 aromatic rings. The highest BCUT2D eigenvalue weighted by atomic mass is 127. The Hall–Kier alpha value is -2.09. The van der Waals surface area contributed by atoms with Crippen molar-refractivity contribution in [2.24, 2.45) is 10.7 Å². The van der Waals surface area contributed by atoms with Gasteiger partial charge in [-0.05, 0) is 67.3 Å². The predicted molar refractivity (Wildman–Crippen MR) is 113 cm³/mol. The zero-order valence-corrected chi connectivity index (χ0v) is 16.6. The highest BCUT2D eigenvalue weighted by Gasteiger charge is 2.04. The summed E-state index contributed by atoms with van der Waals surface area (Å²) in [6.45, 7) is 4.70. The van der Waals surface area contributed by atoms with Crippen LogP contribution in [0, 0.1) is 19.7 Å². The molecular formula is C19H22FIN4. The number of nitrogens with two attached hydrogens (primary N) is 1. The van der Waals surface area contributed by atoms with E-state index in [0.29, 0.717) is 12.5 Å². The van der Waals surface area contributed by atoms with E-state index < -0.39 is 0 Å². The summed E-state index contributed by atoms with van der Waals surface area (Å²) in [5, 5.41) is 4.13. The Morgan fingerprint density at radius 2 is 1.96 bits per heavy atom. The van der Waals surface area contributed by atoms with Crippen LogP contribution in [0.1, 0.15) is 16.7 Å². The van der Waals surface area contributed by atoms with Crippen molar-refractivity contribution in [3.05, 3.63) is 65.1 Å². The van der Waals surface area contributed by atoms with Gasteiger partial charge in [0.2, 0.25) is 0 Å². The van der Waals surface area contributed by atoms with Crippen molar-refractivity contribution in [2.45, 2.75) is 20.3 Å². The van der Waals surface area contributed by atoms with Gasteiger partial charge in [-0.3, -0.25) is 4.99 Å². The largest absolute Gasteiger partial charge is 0.370 e. The number of benzene rings is 2. The summed E-state index contributed by atoms with van der Waals surface area (Å²) < 4.78 is 13.2. The zero-order chi connectivity index (χ0) is 17.1. The molecule has 0 aliphatic carbocycles. The van der Waals surface area contributed by atoms with Gasteiger partial charge in [0.15, 0.2) is 5.96 Å². The molecule has 0 spiro atoms. The lowest BCUT2D eigenvalue weighted by molar-refractivity contribution is 0.629. The average molecular weight is 452 g/mol. The maximum absolute atomic E-state index is 13.2. The molecule has 2 aromatic carbocycles. The van der Waals surface area contributed by atoms with E-state index in [4.69, 9.17) is 5.73 Å². The number of H-pyrrole nitrogens is 1. The number of hydrogen-bond acceptors (Lipinski definition) is 1. The number of nitrogens with one attached hydrogen (secondary N) is 2. The number of aryl methyl sites for hydroxylation is 2. The lowest BCUT2D eigenvalue weighted by Crippen LogP contribution is -2.23. The SMILES string of the molecule is Cc1ccc(NC(N)=NCCc2c[nH]c3cc(F)ccc23)cc1C.I. The highest BCUT2D eigenvalue weighted by molar-refractivity contribution is 14.0. The monoisotopic (exact) mass is 452 g/mol. The van der Waals surface area contributed by atoms with Crippen LogP contribution >= 0.6 is 24.0 Å². The molecule has 4 nitrogen and oxygen atoms in total. The summed E-state index contributed by atoms with van der Waals surface area (Å²) in [6, 6.07) is 10.8. The van der Waals surface area contributed by atoms with Crippen molar-refractivity contribution in [2.75, 3.05) is 11.9 Å². The van der Waals surface area contributed by atoms with Gasteiger partial charge in [-0.15, -0.1) is 24.0 Å². The molecule has 1 heterocycles. The van der Waals surface area contributed by atoms with Crippen LogP contribution in [-0.2, 0) is 6.42 Å². The van der Waals surface area contributed by atoms with Crippen LogP contribution in [0.5, 0.6) is 0 Å². The van der Waals surface area contributed by atoms with E-state index in [1.54, 1.807) is 6.07 Å².